The smallest absolute Gasteiger partial charge is 0.318 e. The van der Waals surface area contributed by atoms with E-state index in [1.165, 1.54) is 11.1 Å². The zero-order valence-electron chi connectivity index (χ0n) is 10.8. The fraction of sp³-hybridized carbons (Fsp3) is 0.385. The van der Waals surface area contributed by atoms with Crippen LogP contribution in [0.5, 0.6) is 0 Å². The Morgan fingerprint density at radius 1 is 1.33 bits per heavy atom. The molecule has 1 aromatic carbocycles. The highest BCUT2D eigenvalue weighted by molar-refractivity contribution is 5.93. The van der Waals surface area contributed by atoms with Crippen molar-refractivity contribution in [3.63, 3.8) is 0 Å². The molecule has 98 valence electrons. The summed E-state index contributed by atoms with van der Waals surface area (Å²) in [5.74, 6) is -0.348. The molecule has 3 amide bonds. The Kier molecular flexibility index (Phi) is 5.32. The van der Waals surface area contributed by atoms with Crippen molar-refractivity contribution >= 4 is 11.9 Å². The highest BCUT2D eigenvalue weighted by Crippen LogP contribution is 2.09. The molecule has 0 saturated carbocycles. The zero-order chi connectivity index (χ0) is 13.5. The largest absolute Gasteiger partial charge is 0.351 e. The molecule has 0 aliphatic rings. The summed E-state index contributed by atoms with van der Waals surface area (Å²) in [7, 11) is 1.93. The van der Waals surface area contributed by atoms with E-state index in [1.807, 2.05) is 29.4 Å². The van der Waals surface area contributed by atoms with Gasteiger partial charge in [-0.05, 0) is 25.1 Å². The monoisotopic (exact) mass is 249 g/mol. The number of nitrogens with zero attached hydrogens (tertiary/aromatic N) is 1. The lowest BCUT2D eigenvalue weighted by atomic mass is 10.1. The van der Waals surface area contributed by atoms with Gasteiger partial charge in [0, 0.05) is 19.5 Å². The number of rotatable bonds is 5. The number of benzene rings is 1. The summed E-state index contributed by atoms with van der Waals surface area (Å²) in [4.78, 5) is 23.7. The predicted molar refractivity (Wildman–Crippen MR) is 69.9 cm³/mol. The highest BCUT2D eigenvalue weighted by Gasteiger charge is 2.07. The van der Waals surface area contributed by atoms with Gasteiger partial charge in [-0.1, -0.05) is 24.3 Å². The van der Waals surface area contributed by atoms with Gasteiger partial charge < -0.3 is 10.6 Å². The molecule has 0 heterocycles. The standard InChI is InChI=1S/C13H19N3O2/c1-10-5-3-4-6-11(10)9-16(2)8-7-12(17)15-13(14)18/h3-6H,7-9H2,1-2H3,(H3,14,15,17,18). The SMILES string of the molecule is Cc1ccccc1CN(C)CCC(=O)NC(N)=O. The Bertz CT molecular complexity index is 432. The van der Waals surface area contributed by atoms with Crippen LogP contribution in [0.25, 0.3) is 0 Å². The molecule has 0 fully saturated rings. The maximum Gasteiger partial charge on any atom is 0.318 e. The number of carbonyl (C=O) groups excluding carboxylic acids is 2. The van der Waals surface area contributed by atoms with E-state index >= 15 is 0 Å². The first-order valence-electron chi connectivity index (χ1n) is 5.81. The first-order chi connectivity index (χ1) is 8.49. The van der Waals surface area contributed by atoms with E-state index < -0.39 is 6.03 Å². The maximum atomic E-state index is 11.2. The van der Waals surface area contributed by atoms with Crippen LogP contribution in [0.2, 0.25) is 0 Å². The number of hydrogen-bond donors (Lipinski definition) is 2. The highest BCUT2D eigenvalue weighted by atomic mass is 16.2. The van der Waals surface area contributed by atoms with Crippen molar-refractivity contribution in [3.8, 4) is 0 Å². The van der Waals surface area contributed by atoms with Gasteiger partial charge in [-0.15, -0.1) is 0 Å². The molecule has 0 saturated heterocycles. The molecule has 0 unspecified atom stereocenters. The lowest BCUT2D eigenvalue weighted by Crippen LogP contribution is -2.36. The average molecular weight is 249 g/mol. The quantitative estimate of drug-likeness (QED) is 0.817. The van der Waals surface area contributed by atoms with Gasteiger partial charge in [0.25, 0.3) is 0 Å². The summed E-state index contributed by atoms with van der Waals surface area (Å²) in [5, 5.41) is 2.05. The molecule has 0 aliphatic carbocycles. The van der Waals surface area contributed by atoms with Crippen molar-refractivity contribution < 1.29 is 9.59 Å². The minimum Gasteiger partial charge on any atom is -0.351 e. The fourth-order valence-corrected chi connectivity index (χ4v) is 1.65. The van der Waals surface area contributed by atoms with E-state index in [-0.39, 0.29) is 12.3 Å². The van der Waals surface area contributed by atoms with Crippen molar-refractivity contribution in [3.05, 3.63) is 35.4 Å². The second kappa shape index (κ2) is 6.76. The Hall–Kier alpha value is -1.88. The van der Waals surface area contributed by atoms with Crippen molar-refractivity contribution in [2.45, 2.75) is 19.9 Å². The Morgan fingerprint density at radius 2 is 2.00 bits per heavy atom. The van der Waals surface area contributed by atoms with Gasteiger partial charge in [0.05, 0.1) is 0 Å². The molecular formula is C13H19N3O2. The molecule has 1 rings (SSSR count). The third-order valence-electron chi connectivity index (χ3n) is 2.68. The van der Waals surface area contributed by atoms with Gasteiger partial charge in [-0.3, -0.25) is 10.1 Å². The molecule has 5 heteroatoms. The maximum absolute atomic E-state index is 11.2. The number of aryl methyl sites for hydroxylation is 1. The number of hydrogen-bond acceptors (Lipinski definition) is 3. The van der Waals surface area contributed by atoms with Crippen LogP contribution in [-0.4, -0.2) is 30.4 Å². The van der Waals surface area contributed by atoms with Gasteiger partial charge in [-0.25, -0.2) is 4.79 Å². The van der Waals surface area contributed by atoms with E-state index in [0.29, 0.717) is 6.54 Å². The lowest BCUT2D eigenvalue weighted by molar-refractivity contribution is -0.120. The molecular weight excluding hydrogens is 230 g/mol. The summed E-state index contributed by atoms with van der Waals surface area (Å²) in [6.45, 7) is 3.41. The van der Waals surface area contributed by atoms with Crippen LogP contribution >= 0.6 is 0 Å². The summed E-state index contributed by atoms with van der Waals surface area (Å²) >= 11 is 0. The topological polar surface area (TPSA) is 75.4 Å². The number of primary amides is 1. The Balaban J connectivity index is 2.38. The first kappa shape index (κ1) is 14.2. The minimum absolute atomic E-state index is 0.255. The number of amides is 3. The van der Waals surface area contributed by atoms with Crippen LogP contribution in [-0.2, 0) is 11.3 Å². The van der Waals surface area contributed by atoms with E-state index in [0.717, 1.165) is 6.54 Å². The molecule has 5 nitrogen and oxygen atoms in total. The predicted octanol–water partition coefficient (Wildman–Crippen LogP) is 1.01. The molecule has 0 radical (unpaired) electrons. The molecule has 0 atom stereocenters. The lowest BCUT2D eigenvalue weighted by Gasteiger charge is -2.17. The van der Waals surface area contributed by atoms with Gasteiger partial charge in [0.1, 0.15) is 0 Å². The number of carbonyl (C=O) groups is 2. The number of nitrogens with one attached hydrogen (secondary N) is 1. The average Bonchev–Trinajstić information content (AvgIpc) is 2.29. The van der Waals surface area contributed by atoms with Gasteiger partial charge in [0.15, 0.2) is 0 Å². The van der Waals surface area contributed by atoms with Gasteiger partial charge >= 0.3 is 6.03 Å². The molecule has 0 aliphatic heterocycles. The number of urea groups is 1. The van der Waals surface area contributed by atoms with Gasteiger partial charge in [-0.2, -0.15) is 0 Å². The van der Waals surface area contributed by atoms with Crippen LogP contribution in [0.1, 0.15) is 17.5 Å². The van der Waals surface area contributed by atoms with Crippen LogP contribution < -0.4 is 11.1 Å². The van der Waals surface area contributed by atoms with Crippen LogP contribution in [0.4, 0.5) is 4.79 Å². The molecule has 18 heavy (non-hydrogen) atoms. The van der Waals surface area contributed by atoms with E-state index in [1.54, 1.807) is 0 Å². The van der Waals surface area contributed by atoms with E-state index in [9.17, 15) is 9.59 Å². The third kappa shape index (κ3) is 4.97. The summed E-state index contributed by atoms with van der Waals surface area (Å²) < 4.78 is 0. The van der Waals surface area contributed by atoms with E-state index in [4.69, 9.17) is 5.73 Å². The van der Waals surface area contributed by atoms with Gasteiger partial charge in [0.2, 0.25) is 5.91 Å². The van der Waals surface area contributed by atoms with Crippen molar-refractivity contribution in [2.24, 2.45) is 5.73 Å². The van der Waals surface area contributed by atoms with Crippen LogP contribution in [0.3, 0.4) is 0 Å². The Labute approximate surface area is 107 Å². The third-order valence-corrected chi connectivity index (χ3v) is 2.68. The second-order valence-corrected chi connectivity index (χ2v) is 4.33. The zero-order valence-corrected chi connectivity index (χ0v) is 10.8. The number of imide groups is 1. The summed E-state index contributed by atoms with van der Waals surface area (Å²) in [5.41, 5.74) is 7.32. The van der Waals surface area contributed by atoms with E-state index in [2.05, 4.69) is 19.1 Å². The van der Waals surface area contributed by atoms with Crippen molar-refractivity contribution in [1.29, 1.82) is 0 Å². The minimum atomic E-state index is -0.804. The van der Waals surface area contributed by atoms with Crippen LogP contribution in [0.15, 0.2) is 24.3 Å². The fourth-order valence-electron chi connectivity index (χ4n) is 1.65. The molecule has 0 spiro atoms. The summed E-state index contributed by atoms with van der Waals surface area (Å²) in [6, 6.07) is 7.31. The molecule has 0 bridgehead atoms. The molecule has 1 aromatic rings. The first-order valence-corrected chi connectivity index (χ1v) is 5.81. The Morgan fingerprint density at radius 3 is 2.61 bits per heavy atom. The molecule has 3 N–H and O–H groups in total. The van der Waals surface area contributed by atoms with Crippen molar-refractivity contribution in [1.82, 2.24) is 10.2 Å². The molecule has 0 aromatic heterocycles. The van der Waals surface area contributed by atoms with Crippen LogP contribution in [0, 0.1) is 6.92 Å². The number of nitrogens with two attached hydrogens (primary N) is 1. The van der Waals surface area contributed by atoms with Crippen molar-refractivity contribution in [2.75, 3.05) is 13.6 Å². The normalized spacial score (nSPS) is 10.4. The second-order valence-electron chi connectivity index (χ2n) is 4.33. The summed E-state index contributed by atoms with van der Waals surface area (Å²) in [6.07, 6.45) is 0.255.